The van der Waals surface area contributed by atoms with Crippen molar-refractivity contribution in [3.8, 4) is 0 Å². The number of nitrogens with zero attached hydrogens (tertiary/aromatic N) is 2. The minimum absolute atomic E-state index is 0.0805. The highest BCUT2D eigenvalue weighted by Gasteiger charge is 2.24. The molecule has 19 heavy (non-hydrogen) atoms. The highest BCUT2D eigenvalue weighted by Crippen LogP contribution is 2.24. The number of ether oxygens (including phenoxy) is 1. The first-order valence-corrected chi connectivity index (χ1v) is 6.64. The second kappa shape index (κ2) is 6.63. The average Bonchev–Trinajstić information content (AvgIpc) is 2.46. The first kappa shape index (κ1) is 14.0. The maximum Gasteiger partial charge on any atom is 0.329 e. The van der Waals surface area contributed by atoms with Crippen molar-refractivity contribution in [3.63, 3.8) is 0 Å². The van der Waals surface area contributed by atoms with Gasteiger partial charge >= 0.3 is 5.97 Å². The van der Waals surface area contributed by atoms with Crippen molar-refractivity contribution in [2.45, 2.75) is 31.9 Å². The molecule has 5 nitrogen and oxygen atoms in total. The molecule has 2 rings (SSSR count). The summed E-state index contributed by atoms with van der Waals surface area (Å²) in [5.41, 5.74) is 1.26. The van der Waals surface area contributed by atoms with Crippen molar-refractivity contribution in [3.05, 3.63) is 30.1 Å². The van der Waals surface area contributed by atoms with E-state index in [1.807, 2.05) is 24.5 Å². The maximum absolute atomic E-state index is 10.5. The van der Waals surface area contributed by atoms with Gasteiger partial charge < -0.3 is 9.84 Å². The number of likely N-dealkylation sites (tertiary alicyclic amines) is 1. The highest BCUT2D eigenvalue weighted by atomic mass is 16.5. The molecule has 0 aromatic carbocycles. The molecule has 1 saturated heterocycles. The summed E-state index contributed by atoms with van der Waals surface area (Å²) in [6.45, 7) is 3.87. The Bertz CT molecular complexity index is 402. The van der Waals surface area contributed by atoms with Crippen LogP contribution in [-0.2, 0) is 9.53 Å². The Balaban J connectivity index is 1.81. The Hall–Kier alpha value is -1.46. The second-order valence-corrected chi connectivity index (χ2v) is 4.90. The number of piperidine rings is 1. The van der Waals surface area contributed by atoms with Gasteiger partial charge in [0, 0.05) is 31.5 Å². The molecule has 0 bridgehead atoms. The average molecular weight is 264 g/mol. The summed E-state index contributed by atoms with van der Waals surface area (Å²) in [6.07, 6.45) is 5.49. The largest absolute Gasteiger partial charge is 0.480 e. The summed E-state index contributed by atoms with van der Waals surface area (Å²) in [5.74, 6) is -0.896. The molecule has 0 saturated carbocycles. The van der Waals surface area contributed by atoms with E-state index in [0.29, 0.717) is 6.04 Å². The number of rotatable bonds is 5. The van der Waals surface area contributed by atoms with E-state index in [4.69, 9.17) is 9.84 Å². The zero-order valence-corrected chi connectivity index (χ0v) is 11.2. The third kappa shape index (κ3) is 4.01. The molecule has 104 valence electrons. The van der Waals surface area contributed by atoms with E-state index >= 15 is 0 Å². The van der Waals surface area contributed by atoms with Crippen LogP contribution in [0.25, 0.3) is 0 Å². The zero-order chi connectivity index (χ0) is 13.7. The number of carboxylic acids is 1. The van der Waals surface area contributed by atoms with Crippen molar-refractivity contribution in [2.75, 3.05) is 19.7 Å². The number of carbonyl (C=O) groups is 1. The number of aliphatic carboxylic acids is 1. The van der Waals surface area contributed by atoms with Crippen LogP contribution in [0.2, 0.25) is 0 Å². The van der Waals surface area contributed by atoms with Gasteiger partial charge in [-0.1, -0.05) is 0 Å². The van der Waals surface area contributed by atoms with E-state index in [-0.39, 0.29) is 12.7 Å². The molecule has 1 aromatic heterocycles. The summed E-state index contributed by atoms with van der Waals surface area (Å²) in [5, 5.41) is 8.59. The number of hydrogen-bond donors (Lipinski definition) is 1. The van der Waals surface area contributed by atoms with Gasteiger partial charge in [-0.25, -0.2) is 4.79 Å². The standard InChI is InChI=1S/C14H20N2O3/c1-11(12-2-6-15-7-3-12)16-8-4-13(5-9-16)19-10-14(17)18/h2-3,6-7,11,13H,4-5,8-10H2,1H3,(H,17,18). The Morgan fingerprint density at radius 3 is 2.68 bits per heavy atom. The lowest BCUT2D eigenvalue weighted by Gasteiger charge is -2.35. The summed E-state index contributed by atoms with van der Waals surface area (Å²) in [6, 6.07) is 4.44. The third-order valence-electron chi connectivity index (χ3n) is 3.66. The van der Waals surface area contributed by atoms with Gasteiger partial charge in [0.15, 0.2) is 0 Å². The maximum atomic E-state index is 10.5. The van der Waals surface area contributed by atoms with Gasteiger partial charge in [-0.2, -0.15) is 0 Å². The first-order valence-electron chi connectivity index (χ1n) is 6.64. The third-order valence-corrected chi connectivity index (χ3v) is 3.66. The Morgan fingerprint density at radius 1 is 1.47 bits per heavy atom. The van der Waals surface area contributed by atoms with E-state index < -0.39 is 5.97 Å². The number of pyridine rings is 1. The summed E-state index contributed by atoms with van der Waals surface area (Å²) < 4.78 is 5.34. The summed E-state index contributed by atoms with van der Waals surface area (Å²) >= 11 is 0. The molecule has 1 N–H and O–H groups in total. The van der Waals surface area contributed by atoms with Crippen molar-refractivity contribution in [2.24, 2.45) is 0 Å². The fourth-order valence-electron chi connectivity index (χ4n) is 2.47. The van der Waals surface area contributed by atoms with Gasteiger partial charge in [0.1, 0.15) is 6.61 Å². The molecular weight excluding hydrogens is 244 g/mol. The minimum Gasteiger partial charge on any atom is -0.480 e. The van der Waals surface area contributed by atoms with Crippen molar-refractivity contribution in [1.82, 2.24) is 9.88 Å². The van der Waals surface area contributed by atoms with Crippen LogP contribution < -0.4 is 0 Å². The molecule has 0 spiro atoms. The summed E-state index contributed by atoms with van der Waals surface area (Å²) in [4.78, 5) is 16.9. The predicted octanol–water partition coefficient (Wildman–Crippen LogP) is 1.71. The van der Waals surface area contributed by atoms with Gasteiger partial charge in [0.05, 0.1) is 6.10 Å². The van der Waals surface area contributed by atoms with Crippen molar-refractivity contribution < 1.29 is 14.6 Å². The molecule has 0 amide bonds. The van der Waals surface area contributed by atoms with E-state index in [1.54, 1.807) is 0 Å². The first-order chi connectivity index (χ1) is 9.16. The topological polar surface area (TPSA) is 62.7 Å². The molecule has 1 aliphatic rings. The van der Waals surface area contributed by atoms with E-state index in [1.165, 1.54) is 5.56 Å². The second-order valence-electron chi connectivity index (χ2n) is 4.90. The molecule has 5 heteroatoms. The van der Waals surface area contributed by atoms with Crippen LogP contribution in [0, 0.1) is 0 Å². The van der Waals surface area contributed by atoms with E-state index in [0.717, 1.165) is 25.9 Å². The molecular formula is C14H20N2O3. The lowest BCUT2D eigenvalue weighted by atomic mass is 10.0. The molecule has 1 fully saturated rings. The van der Waals surface area contributed by atoms with Crippen LogP contribution in [-0.4, -0.2) is 46.8 Å². The molecule has 2 heterocycles. The van der Waals surface area contributed by atoms with Gasteiger partial charge in [0.25, 0.3) is 0 Å². The molecule has 1 aromatic rings. The van der Waals surface area contributed by atoms with Crippen LogP contribution in [0.1, 0.15) is 31.4 Å². The molecule has 1 unspecified atom stereocenters. The monoisotopic (exact) mass is 264 g/mol. The van der Waals surface area contributed by atoms with Crippen molar-refractivity contribution >= 4 is 5.97 Å². The highest BCUT2D eigenvalue weighted by molar-refractivity contribution is 5.68. The van der Waals surface area contributed by atoms with E-state index in [2.05, 4.69) is 16.8 Å². The quantitative estimate of drug-likeness (QED) is 0.877. The zero-order valence-electron chi connectivity index (χ0n) is 11.2. The lowest BCUT2D eigenvalue weighted by molar-refractivity contribution is -0.145. The Morgan fingerprint density at radius 2 is 2.11 bits per heavy atom. The minimum atomic E-state index is -0.896. The number of hydrogen-bond acceptors (Lipinski definition) is 4. The normalized spacial score (nSPS) is 19.2. The fourth-order valence-corrected chi connectivity index (χ4v) is 2.47. The van der Waals surface area contributed by atoms with Crippen LogP contribution in [0.3, 0.4) is 0 Å². The molecule has 1 atom stereocenters. The van der Waals surface area contributed by atoms with Crippen LogP contribution in [0.15, 0.2) is 24.5 Å². The van der Waals surface area contributed by atoms with Gasteiger partial charge in [-0.15, -0.1) is 0 Å². The molecule has 1 aliphatic heterocycles. The summed E-state index contributed by atoms with van der Waals surface area (Å²) in [7, 11) is 0. The Kier molecular flexibility index (Phi) is 4.87. The van der Waals surface area contributed by atoms with Gasteiger partial charge in [-0.3, -0.25) is 9.88 Å². The number of aromatic nitrogens is 1. The van der Waals surface area contributed by atoms with Gasteiger partial charge in [-0.05, 0) is 37.5 Å². The smallest absolute Gasteiger partial charge is 0.329 e. The van der Waals surface area contributed by atoms with Crippen LogP contribution in [0.4, 0.5) is 0 Å². The fraction of sp³-hybridized carbons (Fsp3) is 0.571. The molecule has 0 radical (unpaired) electrons. The van der Waals surface area contributed by atoms with Gasteiger partial charge in [0.2, 0.25) is 0 Å². The number of carboxylic acid groups (broad SMARTS) is 1. The molecule has 0 aliphatic carbocycles. The SMILES string of the molecule is CC(c1ccncc1)N1CCC(OCC(=O)O)CC1. The van der Waals surface area contributed by atoms with Crippen LogP contribution >= 0.6 is 0 Å². The van der Waals surface area contributed by atoms with E-state index in [9.17, 15) is 4.79 Å². The van der Waals surface area contributed by atoms with Crippen LogP contribution in [0.5, 0.6) is 0 Å². The Labute approximate surface area is 113 Å². The predicted molar refractivity (Wildman–Crippen MR) is 70.8 cm³/mol. The lowest BCUT2D eigenvalue weighted by Crippen LogP contribution is -2.39. The van der Waals surface area contributed by atoms with Crippen molar-refractivity contribution in [1.29, 1.82) is 0 Å².